The van der Waals surface area contributed by atoms with Crippen LogP contribution in [0.15, 0.2) is 61.6 Å². The van der Waals surface area contributed by atoms with Crippen LogP contribution in [-0.4, -0.2) is 13.2 Å². The molecule has 108 valence electrons. The smallest absolute Gasteiger partial charge is 0.112 e. The van der Waals surface area contributed by atoms with Gasteiger partial charge in [-0.15, -0.1) is 0 Å². The third-order valence-electron chi connectivity index (χ3n) is 1.90. The van der Waals surface area contributed by atoms with Crippen molar-refractivity contribution in [1.82, 2.24) is 0 Å². The minimum Gasteiger partial charge on any atom is -0.494 e. The van der Waals surface area contributed by atoms with Crippen molar-refractivity contribution in [2.24, 2.45) is 0 Å². The van der Waals surface area contributed by atoms with Crippen LogP contribution in [0.4, 0.5) is 0 Å². The summed E-state index contributed by atoms with van der Waals surface area (Å²) in [5, 5.41) is 0. The maximum Gasteiger partial charge on any atom is 0.112 e. The van der Waals surface area contributed by atoms with Gasteiger partial charge in [0.15, 0.2) is 0 Å². The summed E-state index contributed by atoms with van der Waals surface area (Å²) in [6.45, 7) is 22.0. The molecule has 0 aromatic carbocycles. The first kappa shape index (κ1) is 19.6. The van der Waals surface area contributed by atoms with Gasteiger partial charge in [-0.2, -0.15) is 0 Å². The SMILES string of the molecule is C=CC(=C)OCCCCOC(=C)/C=C\C(=C)C.CC. The highest BCUT2D eigenvalue weighted by Gasteiger charge is 1.93. The molecule has 0 atom stereocenters. The van der Waals surface area contributed by atoms with E-state index in [1.165, 1.54) is 0 Å². The van der Waals surface area contributed by atoms with Gasteiger partial charge in [0, 0.05) is 0 Å². The van der Waals surface area contributed by atoms with Crippen molar-refractivity contribution in [1.29, 1.82) is 0 Å². The molecule has 0 saturated carbocycles. The zero-order valence-corrected chi connectivity index (χ0v) is 12.7. The van der Waals surface area contributed by atoms with E-state index < -0.39 is 0 Å². The Morgan fingerprint density at radius 2 is 1.37 bits per heavy atom. The van der Waals surface area contributed by atoms with Gasteiger partial charge in [0.05, 0.1) is 13.2 Å². The van der Waals surface area contributed by atoms with E-state index in [1.54, 1.807) is 6.08 Å². The van der Waals surface area contributed by atoms with Crippen molar-refractivity contribution < 1.29 is 9.47 Å². The quantitative estimate of drug-likeness (QED) is 0.308. The van der Waals surface area contributed by atoms with Crippen molar-refractivity contribution in [3.63, 3.8) is 0 Å². The second-order valence-electron chi connectivity index (χ2n) is 3.72. The van der Waals surface area contributed by atoms with E-state index in [1.807, 2.05) is 32.9 Å². The fraction of sp³-hybridized carbons (Fsp3) is 0.412. The predicted molar refractivity (Wildman–Crippen MR) is 84.9 cm³/mol. The molecular weight excluding hydrogens is 236 g/mol. The van der Waals surface area contributed by atoms with E-state index in [4.69, 9.17) is 9.47 Å². The highest BCUT2D eigenvalue weighted by Crippen LogP contribution is 2.02. The van der Waals surface area contributed by atoms with E-state index in [2.05, 4.69) is 26.3 Å². The van der Waals surface area contributed by atoms with Crippen LogP contribution in [0.2, 0.25) is 0 Å². The van der Waals surface area contributed by atoms with E-state index in [9.17, 15) is 0 Å². The summed E-state index contributed by atoms with van der Waals surface area (Å²) < 4.78 is 10.7. The van der Waals surface area contributed by atoms with Gasteiger partial charge in [0.25, 0.3) is 0 Å². The summed E-state index contributed by atoms with van der Waals surface area (Å²) in [6.07, 6.45) is 7.13. The Kier molecular flexibility index (Phi) is 14.8. The molecule has 0 amide bonds. The van der Waals surface area contributed by atoms with Crippen LogP contribution >= 0.6 is 0 Å². The number of unbranched alkanes of at least 4 members (excludes halogenated alkanes) is 1. The van der Waals surface area contributed by atoms with E-state index >= 15 is 0 Å². The van der Waals surface area contributed by atoms with Crippen LogP contribution in [0.5, 0.6) is 0 Å². The van der Waals surface area contributed by atoms with Crippen LogP contribution in [-0.2, 0) is 9.47 Å². The fourth-order valence-electron chi connectivity index (χ4n) is 0.953. The van der Waals surface area contributed by atoms with Crippen molar-refractivity contribution in [3.8, 4) is 0 Å². The van der Waals surface area contributed by atoms with Gasteiger partial charge in [-0.3, -0.25) is 0 Å². The number of allylic oxidation sites excluding steroid dienone is 4. The zero-order valence-electron chi connectivity index (χ0n) is 12.7. The standard InChI is InChI=1S/C15H22O2.C2H6/c1-6-14(4)16-11-7-8-12-17-15(5)10-9-13(2)3;1-2/h6,9-10H,1-2,4-5,7-8,11-12H2,3H3;1-2H3/b10-9-;. The van der Waals surface area contributed by atoms with Gasteiger partial charge in [-0.05, 0) is 31.9 Å². The molecule has 0 aromatic heterocycles. The molecule has 0 radical (unpaired) electrons. The average Bonchev–Trinajstić information content (AvgIpc) is 2.42. The molecule has 0 aromatic rings. The summed E-state index contributed by atoms with van der Waals surface area (Å²) in [7, 11) is 0. The van der Waals surface area contributed by atoms with Crippen LogP contribution in [0.25, 0.3) is 0 Å². The molecule has 0 unspecified atom stereocenters. The van der Waals surface area contributed by atoms with E-state index in [0.717, 1.165) is 18.4 Å². The lowest BCUT2D eigenvalue weighted by Gasteiger charge is -2.07. The van der Waals surface area contributed by atoms with Crippen molar-refractivity contribution in [3.05, 3.63) is 61.6 Å². The fourth-order valence-corrected chi connectivity index (χ4v) is 0.953. The van der Waals surface area contributed by atoms with Crippen LogP contribution in [0.3, 0.4) is 0 Å². The molecule has 0 spiro atoms. The molecule has 0 saturated heterocycles. The molecular formula is C17H28O2. The summed E-state index contributed by atoms with van der Waals surface area (Å²) in [6, 6.07) is 0. The molecule has 0 rings (SSSR count). The first-order valence-corrected chi connectivity index (χ1v) is 6.65. The van der Waals surface area contributed by atoms with Gasteiger partial charge in [-0.1, -0.05) is 51.8 Å². The van der Waals surface area contributed by atoms with Gasteiger partial charge in [-0.25, -0.2) is 0 Å². The van der Waals surface area contributed by atoms with Gasteiger partial charge >= 0.3 is 0 Å². The van der Waals surface area contributed by atoms with Crippen LogP contribution in [0, 0.1) is 0 Å². The van der Waals surface area contributed by atoms with Crippen LogP contribution < -0.4 is 0 Å². The lowest BCUT2D eigenvalue weighted by Crippen LogP contribution is -1.97. The second kappa shape index (κ2) is 14.4. The number of hydrogen-bond donors (Lipinski definition) is 0. The Morgan fingerprint density at radius 3 is 1.79 bits per heavy atom. The Morgan fingerprint density at radius 1 is 0.895 bits per heavy atom. The number of ether oxygens (including phenoxy) is 2. The monoisotopic (exact) mass is 264 g/mol. The Labute approximate surface area is 118 Å². The molecule has 0 aliphatic carbocycles. The molecule has 0 bridgehead atoms. The van der Waals surface area contributed by atoms with Gasteiger partial charge in [0.2, 0.25) is 0 Å². The molecule has 0 aliphatic rings. The average molecular weight is 264 g/mol. The molecule has 2 nitrogen and oxygen atoms in total. The minimum absolute atomic E-state index is 0.611. The Bertz CT molecular complexity index is 311. The highest BCUT2D eigenvalue weighted by atomic mass is 16.5. The van der Waals surface area contributed by atoms with Gasteiger partial charge in [0.1, 0.15) is 11.5 Å². The molecule has 0 N–H and O–H groups in total. The first-order chi connectivity index (χ1) is 9.06. The molecule has 0 fully saturated rings. The Balaban J connectivity index is 0. The topological polar surface area (TPSA) is 18.5 Å². The van der Waals surface area contributed by atoms with Crippen molar-refractivity contribution in [2.45, 2.75) is 33.6 Å². The van der Waals surface area contributed by atoms with E-state index in [-0.39, 0.29) is 0 Å². The summed E-state index contributed by atoms with van der Waals surface area (Å²) >= 11 is 0. The highest BCUT2D eigenvalue weighted by molar-refractivity contribution is 5.19. The lowest BCUT2D eigenvalue weighted by molar-refractivity contribution is 0.184. The second-order valence-corrected chi connectivity index (χ2v) is 3.72. The van der Waals surface area contributed by atoms with Crippen LogP contribution in [0.1, 0.15) is 33.6 Å². The van der Waals surface area contributed by atoms with Gasteiger partial charge < -0.3 is 9.47 Å². The molecule has 19 heavy (non-hydrogen) atoms. The lowest BCUT2D eigenvalue weighted by atomic mass is 10.3. The third-order valence-corrected chi connectivity index (χ3v) is 1.90. The normalized spacial score (nSPS) is 9.21. The first-order valence-electron chi connectivity index (χ1n) is 6.65. The number of hydrogen-bond acceptors (Lipinski definition) is 2. The van der Waals surface area contributed by atoms with Crippen molar-refractivity contribution >= 4 is 0 Å². The minimum atomic E-state index is 0.611. The number of rotatable bonds is 10. The molecule has 2 heteroatoms. The Hall–Kier alpha value is -1.70. The largest absolute Gasteiger partial charge is 0.494 e. The maximum absolute atomic E-state index is 5.41. The van der Waals surface area contributed by atoms with E-state index in [0.29, 0.717) is 24.7 Å². The zero-order chi connectivity index (χ0) is 15.1. The summed E-state index contributed by atoms with van der Waals surface area (Å²) in [4.78, 5) is 0. The van der Waals surface area contributed by atoms with Crippen molar-refractivity contribution in [2.75, 3.05) is 13.2 Å². The predicted octanol–water partition coefficient (Wildman–Crippen LogP) is 5.17. The summed E-state index contributed by atoms with van der Waals surface area (Å²) in [5.74, 6) is 1.27. The summed E-state index contributed by atoms with van der Waals surface area (Å²) in [5.41, 5.74) is 0.978. The molecule has 0 aliphatic heterocycles. The maximum atomic E-state index is 5.41. The third kappa shape index (κ3) is 16.3. The molecule has 0 heterocycles.